The fourth-order valence-corrected chi connectivity index (χ4v) is 2.75. The molecule has 5 nitrogen and oxygen atoms in total. The molecule has 0 bridgehead atoms. The number of aryl methyl sites for hydroxylation is 1. The van der Waals surface area contributed by atoms with E-state index in [-0.39, 0.29) is 17.6 Å². The van der Waals surface area contributed by atoms with Crippen LogP contribution in [0.25, 0.3) is 0 Å². The van der Waals surface area contributed by atoms with Crippen molar-refractivity contribution in [2.45, 2.75) is 51.2 Å². The van der Waals surface area contributed by atoms with Crippen LogP contribution in [0.5, 0.6) is 0 Å². The summed E-state index contributed by atoms with van der Waals surface area (Å²) in [7, 11) is 0. The summed E-state index contributed by atoms with van der Waals surface area (Å²) in [6, 6.07) is 0.382. The molecule has 1 fully saturated rings. The molecule has 1 aromatic rings. The predicted octanol–water partition coefficient (Wildman–Crippen LogP) is 1.71. The topological polar surface area (TPSA) is 72.9 Å². The number of nitrogens with one attached hydrogen (secondary N) is 1. The third-order valence-electron chi connectivity index (χ3n) is 3.44. The Balaban J connectivity index is 2.19. The smallest absolute Gasteiger partial charge is 0.283 e. The first-order chi connectivity index (χ1) is 8.63. The molecule has 0 unspecified atom stereocenters. The Morgan fingerprint density at radius 2 is 2.28 bits per heavy atom. The van der Waals surface area contributed by atoms with Crippen molar-refractivity contribution >= 4 is 21.6 Å². The van der Waals surface area contributed by atoms with E-state index in [1.165, 1.54) is 17.5 Å². The third-order valence-corrected chi connectivity index (χ3v) is 4.21. The number of hydrogen-bond donors (Lipinski definition) is 2. The Kier molecular flexibility index (Phi) is 4.40. The lowest BCUT2D eigenvalue weighted by molar-refractivity contribution is 0.403. The average Bonchev–Trinajstić information content (AvgIpc) is 2.38. The number of aromatic nitrogens is 2. The van der Waals surface area contributed by atoms with Crippen LogP contribution in [-0.4, -0.2) is 21.9 Å². The van der Waals surface area contributed by atoms with Crippen LogP contribution in [0, 0.1) is 0 Å². The van der Waals surface area contributed by atoms with E-state index in [0.29, 0.717) is 11.0 Å². The van der Waals surface area contributed by atoms with Crippen LogP contribution in [0.1, 0.15) is 32.6 Å². The van der Waals surface area contributed by atoms with E-state index < -0.39 is 0 Å². The third kappa shape index (κ3) is 2.75. The van der Waals surface area contributed by atoms with Gasteiger partial charge in [0.2, 0.25) is 0 Å². The van der Waals surface area contributed by atoms with Crippen LogP contribution < -0.4 is 16.6 Å². The van der Waals surface area contributed by atoms with Crippen LogP contribution in [0.4, 0.5) is 5.69 Å². The Morgan fingerprint density at radius 3 is 2.94 bits per heavy atom. The van der Waals surface area contributed by atoms with E-state index in [2.05, 4.69) is 26.3 Å². The van der Waals surface area contributed by atoms with Crippen molar-refractivity contribution in [3.63, 3.8) is 0 Å². The molecular formula is C12H19BrN4O. The highest BCUT2D eigenvalue weighted by Gasteiger charge is 2.22. The Hall–Kier alpha value is -0.880. The van der Waals surface area contributed by atoms with E-state index in [1.54, 1.807) is 6.20 Å². The van der Waals surface area contributed by atoms with Gasteiger partial charge in [0.05, 0.1) is 11.9 Å². The molecule has 1 aliphatic rings. The van der Waals surface area contributed by atoms with Gasteiger partial charge in [0.1, 0.15) is 4.47 Å². The summed E-state index contributed by atoms with van der Waals surface area (Å²) in [5.74, 6) is 0. The van der Waals surface area contributed by atoms with Gasteiger partial charge in [-0.1, -0.05) is 12.8 Å². The summed E-state index contributed by atoms with van der Waals surface area (Å²) in [5, 5.41) is 7.46. The first-order valence-corrected chi connectivity index (χ1v) is 7.20. The molecule has 6 heteroatoms. The molecule has 2 atom stereocenters. The number of rotatable bonds is 3. The fraction of sp³-hybridized carbons (Fsp3) is 0.667. The van der Waals surface area contributed by atoms with Crippen LogP contribution >= 0.6 is 15.9 Å². The van der Waals surface area contributed by atoms with E-state index in [0.717, 1.165) is 18.5 Å². The van der Waals surface area contributed by atoms with Crippen molar-refractivity contribution in [3.8, 4) is 0 Å². The molecule has 0 spiro atoms. The maximum atomic E-state index is 11.9. The predicted molar refractivity (Wildman–Crippen MR) is 75.7 cm³/mol. The van der Waals surface area contributed by atoms with Crippen LogP contribution in [0.2, 0.25) is 0 Å². The van der Waals surface area contributed by atoms with E-state index >= 15 is 0 Å². The standard InChI is InChI=1S/C12H19BrN4O/c1-2-17-12(18)11(13)10(7-15-17)16-9-6-4-3-5-8(9)14/h7-9,16H,2-6,14H2,1H3/t8-,9-/m1/s1. The Morgan fingerprint density at radius 1 is 1.56 bits per heavy atom. The molecule has 0 radical (unpaired) electrons. The van der Waals surface area contributed by atoms with Crippen molar-refractivity contribution < 1.29 is 0 Å². The van der Waals surface area contributed by atoms with Gasteiger partial charge in [-0.05, 0) is 35.7 Å². The first-order valence-electron chi connectivity index (χ1n) is 6.41. The fourth-order valence-electron chi connectivity index (χ4n) is 2.33. The zero-order valence-electron chi connectivity index (χ0n) is 10.5. The van der Waals surface area contributed by atoms with E-state index in [9.17, 15) is 4.79 Å². The molecule has 0 aliphatic heterocycles. The lowest BCUT2D eigenvalue weighted by atomic mass is 9.91. The molecule has 18 heavy (non-hydrogen) atoms. The highest BCUT2D eigenvalue weighted by molar-refractivity contribution is 9.10. The van der Waals surface area contributed by atoms with Crippen LogP contribution in [0.15, 0.2) is 15.5 Å². The van der Waals surface area contributed by atoms with E-state index in [4.69, 9.17) is 5.73 Å². The van der Waals surface area contributed by atoms with Gasteiger partial charge < -0.3 is 11.1 Å². The quantitative estimate of drug-likeness (QED) is 0.890. The normalized spacial score (nSPS) is 23.9. The lowest BCUT2D eigenvalue weighted by Gasteiger charge is -2.30. The molecule has 0 saturated heterocycles. The monoisotopic (exact) mass is 314 g/mol. The second kappa shape index (κ2) is 5.84. The van der Waals surface area contributed by atoms with Crippen LogP contribution in [-0.2, 0) is 6.54 Å². The van der Waals surface area contributed by atoms with Gasteiger partial charge in [-0.25, -0.2) is 4.68 Å². The summed E-state index contributed by atoms with van der Waals surface area (Å²) in [6.45, 7) is 2.46. The maximum absolute atomic E-state index is 11.9. The zero-order valence-corrected chi connectivity index (χ0v) is 12.1. The summed E-state index contributed by atoms with van der Waals surface area (Å²) < 4.78 is 1.97. The van der Waals surface area contributed by atoms with Crippen molar-refractivity contribution in [2.24, 2.45) is 5.73 Å². The summed E-state index contributed by atoms with van der Waals surface area (Å²) in [5.41, 5.74) is 6.73. The minimum absolute atomic E-state index is 0.105. The van der Waals surface area contributed by atoms with Gasteiger partial charge in [-0.15, -0.1) is 0 Å². The molecular weight excluding hydrogens is 296 g/mol. The average molecular weight is 315 g/mol. The summed E-state index contributed by atoms with van der Waals surface area (Å²) >= 11 is 3.34. The van der Waals surface area contributed by atoms with Crippen molar-refractivity contribution in [2.75, 3.05) is 5.32 Å². The minimum Gasteiger partial charge on any atom is -0.378 e. The Labute approximate surface area is 115 Å². The van der Waals surface area contributed by atoms with Crippen molar-refractivity contribution in [1.29, 1.82) is 0 Å². The van der Waals surface area contributed by atoms with Gasteiger partial charge in [0.15, 0.2) is 0 Å². The van der Waals surface area contributed by atoms with Gasteiger partial charge in [-0.3, -0.25) is 4.79 Å². The molecule has 1 aromatic heterocycles. The van der Waals surface area contributed by atoms with Gasteiger partial charge in [0, 0.05) is 18.6 Å². The molecule has 1 heterocycles. The van der Waals surface area contributed by atoms with Gasteiger partial charge in [-0.2, -0.15) is 5.10 Å². The number of nitrogens with two attached hydrogens (primary N) is 1. The molecule has 3 N–H and O–H groups in total. The minimum atomic E-state index is -0.105. The van der Waals surface area contributed by atoms with Gasteiger partial charge in [0.25, 0.3) is 5.56 Å². The second-order valence-corrected chi connectivity index (χ2v) is 5.49. The Bertz CT molecular complexity index is 474. The number of halogens is 1. The summed E-state index contributed by atoms with van der Waals surface area (Å²) in [4.78, 5) is 11.9. The van der Waals surface area contributed by atoms with Crippen molar-refractivity contribution in [1.82, 2.24) is 9.78 Å². The highest BCUT2D eigenvalue weighted by atomic mass is 79.9. The number of anilines is 1. The van der Waals surface area contributed by atoms with E-state index in [1.807, 2.05) is 6.92 Å². The number of hydrogen-bond acceptors (Lipinski definition) is 4. The van der Waals surface area contributed by atoms with Crippen molar-refractivity contribution in [3.05, 3.63) is 21.0 Å². The first kappa shape index (κ1) is 13.5. The molecule has 1 aliphatic carbocycles. The SMILES string of the molecule is CCn1ncc(N[C@@H]2CCCC[C@H]2N)c(Br)c1=O. The second-order valence-electron chi connectivity index (χ2n) is 4.69. The molecule has 1 saturated carbocycles. The van der Waals surface area contributed by atoms with Crippen LogP contribution in [0.3, 0.4) is 0 Å². The largest absolute Gasteiger partial charge is 0.378 e. The highest BCUT2D eigenvalue weighted by Crippen LogP contribution is 2.23. The maximum Gasteiger partial charge on any atom is 0.283 e. The molecule has 2 rings (SSSR count). The summed E-state index contributed by atoms with van der Waals surface area (Å²) in [6.07, 6.45) is 6.15. The molecule has 0 amide bonds. The number of nitrogens with zero attached hydrogens (tertiary/aromatic N) is 2. The molecule has 0 aromatic carbocycles. The molecule has 100 valence electrons. The zero-order chi connectivity index (χ0) is 13.1. The lowest BCUT2D eigenvalue weighted by Crippen LogP contribution is -2.43. The van der Waals surface area contributed by atoms with Gasteiger partial charge >= 0.3 is 0 Å².